The molecular weight excluding hydrogens is 316 g/mol. The van der Waals surface area contributed by atoms with Crippen LogP contribution in [0.1, 0.15) is 36.5 Å². The molecule has 0 aliphatic carbocycles. The molecule has 0 radical (unpaired) electrons. The monoisotopic (exact) mass is 334 g/mol. The average molecular weight is 334 g/mol. The van der Waals surface area contributed by atoms with Crippen molar-refractivity contribution in [3.63, 3.8) is 0 Å². The van der Waals surface area contributed by atoms with Crippen LogP contribution in [0, 0.1) is 10.1 Å². The van der Waals surface area contributed by atoms with Crippen LogP contribution in [0.15, 0.2) is 18.2 Å². The van der Waals surface area contributed by atoms with Crippen LogP contribution in [-0.4, -0.2) is 42.2 Å². The third-order valence-corrected chi connectivity index (χ3v) is 4.23. The second kappa shape index (κ2) is 6.46. The molecule has 2 heterocycles. The number of nitro groups is 1. The molecule has 2 fully saturated rings. The number of carbonyl (C=O) groups is 2. The summed E-state index contributed by atoms with van der Waals surface area (Å²) in [4.78, 5) is 36.5. The molecule has 0 bridgehead atoms. The molecule has 0 N–H and O–H groups in total. The summed E-state index contributed by atoms with van der Waals surface area (Å²) in [6.45, 7) is 3.23. The number of anilines is 1. The van der Waals surface area contributed by atoms with E-state index in [0.717, 1.165) is 25.9 Å². The third-order valence-electron chi connectivity index (χ3n) is 4.23. The van der Waals surface area contributed by atoms with Gasteiger partial charge in [-0.05, 0) is 31.9 Å². The lowest BCUT2D eigenvalue weighted by Gasteiger charge is -2.17. The Bertz CT molecular complexity index is 683. The van der Waals surface area contributed by atoms with Gasteiger partial charge in [-0.15, -0.1) is 0 Å². The molecule has 8 heteroatoms. The van der Waals surface area contributed by atoms with Gasteiger partial charge in [-0.25, -0.2) is 9.59 Å². The molecule has 128 valence electrons. The first-order valence-corrected chi connectivity index (χ1v) is 7.90. The number of nitrogens with zero attached hydrogens (tertiary/aromatic N) is 2. The van der Waals surface area contributed by atoms with Crippen LogP contribution in [0.2, 0.25) is 0 Å². The summed E-state index contributed by atoms with van der Waals surface area (Å²) in [5.74, 6) is -1.35. The van der Waals surface area contributed by atoms with E-state index >= 15 is 0 Å². The molecule has 24 heavy (non-hydrogen) atoms. The Morgan fingerprint density at radius 3 is 2.67 bits per heavy atom. The minimum Gasteiger partial charge on any atom is -0.460 e. The number of esters is 2. The van der Waals surface area contributed by atoms with Crippen molar-refractivity contribution in [3.8, 4) is 0 Å². The van der Waals surface area contributed by atoms with Crippen molar-refractivity contribution in [1.82, 2.24) is 0 Å². The number of rotatable bonds is 4. The van der Waals surface area contributed by atoms with Crippen molar-refractivity contribution in [2.24, 2.45) is 0 Å². The van der Waals surface area contributed by atoms with E-state index in [1.807, 2.05) is 4.90 Å². The largest absolute Gasteiger partial charge is 0.460 e. The van der Waals surface area contributed by atoms with Gasteiger partial charge in [0.2, 0.25) is 6.10 Å². The van der Waals surface area contributed by atoms with Crippen LogP contribution < -0.4 is 4.90 Å². The summed E-state index contributed by atoms with van der Waals surface area (Å²) < 4.78 is 10.1. The fraction of sp³-hybridized carbons (Fsp3) is 0.500. The number of hydrogen-bond acceptors (Lipinski definition) is 7. The second-order valence-corrected chi connectivity index (χ2v) is 6.03. The van der Waals surface area contributed by atoms with E-state index in [0.29, 0.717) is 12.1 Å². The van der Waals surface area contributed by atoms with Crippen LogP contribution in [0.5, 0.6) is 0 Å². The van der Waals surface area contributed by atoms with E-state index in [1.165, 1.54) is 12.1 Å². The van der Waals surface area contributed by atoms with Gasteiger partial charge in [0.05, 0.1) is 10.5 Å². The van der Waals surface area contributed by atoms with Crippen LogP contribution in [-0.2, 0) is 14.3 Å². The second-order valence-electron chi connectivity index (χ2n) is 6.03. The number of benzene rings is 1. The molecule has 2 aliphatic heterocycles. The molecular formula is C16H18N2O6. The highest BCUT2D eigenvalue weighted by Gasteiger charge is 2.35. The van der Waals surface area contributed by atoms with Gasteiger partial charge < -0.3 is 14.4 Å². The first kappa shape index (κ1) is 16.2. The summed E-state index contributed by atoms with van der Waals surface area (Å²) in [7, 11) is 0. The first-order valence-electron chi connectivity index (χ1n) is 7.90. The highest BCUT2D eigenvalue weighted by atomic mass is 16.6. The molecule has 3 rings (SSSR count). The SMILES string of the molecule is C[C@@H]1C[C@@H](OC(=O)c2ccc(N3CCCC3)c([N+](=O)[O-])c2)C(=O)O1. The van der Waals surface area contributed by atoms with E-state index < -0.39 is 23.0 Å². The molecule has 8 nitrogen and oxygen atoms in total. The Morgan fingerprint density at radius 2 is 2.08 bits per heavy atom. The number of nitro benzene ring substituents is 1. The van der Waals surface area contributed by atoms with Gasteiger partial charge in [-0.1, -0.05) is 0 Å². The zero-order valence-electron chi connectivity index (χ0n) is 13.3. The fourth-order valence-electron chi connectivity index (χ4n) is 3.04. The summed E-state index contributed by atoms with van der Waals surface area (Å²) in [5.41, 5.74) is 0.425. The van der Waals surface area contributed by atoms with E-state index in [-0.39, 0.29) is 17.4 Å². The standard InChI is InChI=1S/C16H18N2O6/c1-10-8-14(16(20)23-10)24-15(19)11-4-5-12(13(9-11)18(21)22)17-6-2-3-7-17/h4-5,9-10,14H,2-3,6-8H2,1H3/t10-,14-/m1/s1. The number of carbonyl (C=O) groups excluding carboxylic acids is 2. The highest BCUT2D eigenvalue weighted by molar-refractivity contribution is 5.93. The van der Waals surface area contributed by atoms with Crippen LogP contribution in [0.3, 0.4) is 0 Å². The van der Waals surface area contributed by atoms with E-state index in [9.17, 15) is 19.7 Å². The Balaban J connectivity index is 1.80. The van der Waals surface area contributed by atoms with E-state index in [2.05, 4.69) is 0 Å². The zero-order valence-corrected chi connectivity index (χ0v) is 13.3. The number of cyclic esters (lactones) is 1. The molecule has 2 atom stereocenters. The van der Waals surface area contributed by atoms with Crippen molar-refractivity contribution >= 4 is 23.3 Å². The predicted octanol–water partition coefficient (Wildman–Crippen LogP) is 2.06. The Kier molecular flexibility index (Phi) is 4.37. The van der Waals surface area contributed by atoms with Crippen LogP contribution in [0.25, 0.3) is 0 Å². The quantitative estimate of drug-likeness (QED) is 0.472. The lowest BCUT2D eigenvalue weighted by molar-refractivity contribution is -0.384. The number of hydrogen-bond donors (Lipinski definition) is 0. The van der Waals surface area contributed by atoms with E-state index in [1.54, 1.807) is 13.0 Å². The average Bonchev–Trinajstić information content (AvgIpc) is 3.17. The molecule has 0 amide bonds. The van der Waals surface area contributed by atoms with Gasteiger partial charge in [0.15, 0.2) is 0 Å². The molecule has 0 unspecified atom stereocenters. The Labute approximate surface area is 138 Å². The maximum Gasteiger partial charge on any atom is 0.347 e. The topological polar surface area (TPSA) is 99.0 Å². The van der Waals surface area contributed by atoms with E-state index in [4.69, 9.17) is 9.47 Å². The molecule has 1 aromatic carbocycles. The van der Waals surface area contributed by atoms with Gasteiger partial charge in [0.1, 0.15) is 11.8 Å². The number of ether oxygens (including phenoxy) is 2. The lowest BCUT2D eigenvalue weighted by atomic mass is 10.1. The fourth-order valence-corrected chi connectivity index (χ4v) is 3.04. The summed E-state index contributed by atoms with van der Waals surface area (Å²) >= 11 is 0. The molecule has 0 aromatic heterocycles. The summed E-state index contributed by atoms with van der Waals surface area (Å²) in [5, 5.41) is 11.3. The molecule has 2 aliphatic rings. The normalized spacial score (nSPS) is 23.2. The highest BCUT2D eigenvalue weighted by Crippen LogP contribution is 2.32. The predicted molar refractivity (Wildman–Crippen MR) is 83.9 cm³/mol. The maximum absolute atomic E-state index is 12.2. The van der Waals surface area contributed by atoms with Crippen molar-refractivity contribution in [3.05, 3.63) is 33.9 Å². The summed E-state index contributed by atoms with van der Waals surface area (Å²) in [6, 6.07) is 4.27. The van der Waals surface area contributed by atoms with Gasteiger partial charge in [0, 0.05) is 25.6 Å². The molecule has 0 spiro atoms. The van der Waals surface area contributed by atoms with Crippen molar-refractivity contribution in [2.45, 2.75) is 38.4 Å². The van der Waals surface area contributed by atoms with Gasteiger partial charge in [-0.2, -0.15) is 0 Å². The van der Waals surface area contributed by atoms with Gasteiger partial charge in [0.25, 0.3) is 5.69 Å². The van der Waals surface area contributed by atoms with Crippen molar-refractivity contribution in [1.29, 1.82) is 0 Å². The molecule has 2 saturated heterocycles. The summed E-state index contributed by atoms with van der Waals surface area (Å²) in [6.07, 6.45) is 1.01. The lowest BCUT2D eigenvalue weighted by Crippen LogP contribution is -2.23. The van der Waals surface area contributed by atoms with Gasteiger partial charge >= 0.3 is 11.9 Å². The first-order chi connectivity index (χ1) is 11.5. The maximum atomic E-state index is 12.2. The minimum absolute atomic E-state index is 0.0528. The zero-order chi connectivity index (χ0) is 17.3. The van der Waals surface area contributed by atoms with Crippen molar-refractivity contribution in [2.75, 3.05) is 18.0 Å². The Morgan fingerprint density at radius 1 is 1.38 bits per heavy atom. The molecule has 1 aromatic rings. The van der Waals surface area contributed by atoms with Crippen molar-refractivity contribution < 1.29 is 24.0 Å². The minimum atomic E-state index is -0.954. The third kappa shape index (κ3) is 3.17. The molecule has 0 saturated carbocycles. The van der Waals surface area contributed by atoms with Gasteiger partial charge in [-0.3, -0.25) is 10.1 Å². The Hall–Kier alpha value is -2.64. The smallest absolute Gasteiger partial charge is 0.347 e. The van der Waals surface area contributed by atoms with Crippen LogP contribution >= 0.6 is 0 Å². The van der Waals surface area contributed by atoms with Crippen LogP contribution in [0.4, 0.5) is 11.4 Å².